The molecular weight excluding hydrogens is 234 g/mol. The molecule has 2 heterocycles. The molecule has 0 bridgehead atoms. The molecule has 1 aromatic heterocycles. The summed E-state index contributed by atoms with van der Waals surface area (Å²) in [5, 5.41) is 3.55. The molecule has 0 unspecified atom stereocenters. The number of rotatable bonds is 4. The van der Waals surface area contributed by atoms with E-state index in [1.807, 2.05) is 12.5 Å². The third-order valence-corrected chi connectivity index (χ3v) is 4.05. The molecule has 1 fully saturated rings. The molecule has 19 heavy (non-hydrogen) atoms. The summed E-state index contributed by atoms with van der Waals surface area (Å²) in [6, 6.07) is 9.13. The van der Waals surface area contributed by atoms with Gasteiger partial charge in [0, 0.05) is 18.8 Å². The summed E-state index contributed by atoms with van der Waals surface area (Å²) < 4.78 is 2.30. The summed E-state index contributed by atoms with van der Waals surface area (Å²) in [4.78, 5) is 4.32. The molecular formula is C16H21N3. The summed E-state index contributed by atoms with van der Waals surface area (Å²) >= 11 is 0. The summed E-state index contributed by atoms with van der Waals surface area (Å²) in [6.45, 7) is 4.33. The fourth-order valence-electron chi connectivity index (χ4n) is 2.88. The van der Waals surface area contributed by atoms with Gasteiger partial charge in [-0.2, -0.15) is 0 Å². The van der Waals surface area contributed by atoms with Crippen LogP contribution in [0.5, 0.6) is 0 Å². The Kier molecular flexibility index (Phi) is 3.65. The van der Waals surface area contributed by atoms with Gasteiger partial charge in [0.15, 0.2) is 0 Å². The van der Waals surface area contributed by atoms with Crippen LogP contribution < -0.4 is 5.32 Å². The lowest BCUT2D eigenvalue weighted by molar-refractivity contribution is 0.562. The topological polar surface area (TPSA) is 29.9 Å². The lowest BCUT2D eigenvalue weighted by atomic mass is 10.1. The number of nitrogens with zero attached hydrogens (tertiary/aromatic N) is 2. The van der Waals surface area contributed by atoms with Gasteiger partial charge >= 0.3 is 0 Å². The van der Waals surface area contributed by atoms with Crippen LogP contribution in [0.1, 0.15) is 35.7 Å². The van der Waals surface area contributed by atoms with Gasteiger partial charge in [0.25, 0.3) is 0 Å². The van der Waals surface area contributed by atoms with E-state index in [0.29, 0.717) is 6.04 Å². The van der Waals surface area contributed by atoms with Gasteiger partial charge < -0.3 is 9.88 Å². The number of hydrogen-bond acceptors (Lipinski definition) is 2. The second-order valence-corrected chi connectivity index (χ2v) is 5.34. The van der Waals surface area contributed by atoms with Crippen molar-refractivity contribution in [2.75, 3.05) is 6.54 Å². The smallest absolute Gasteiger partial charge is 0.0948 e. The molecule has 0 aliphatic carbocycles. The summed E-state index contributed by atoms with van der Waals surface area (Å²) in [5.41, 5.74) is 4.15. The molecule has 0 amide bonds. The van der Waals surface area contributed by atoms with Crippen molar-refractivity contribution in [2.24, 2.45) is 0 Å². The normalized spacial score (nSPS) is 18.9. The van der Waals surface area contributed by atoms with Gasteiger partial charge in [-0.1, -0.05) is 24.3 Å². The predicted octanol–water partition coefficient (Wildman–Crippen LogP) is 2.86. The number of benzene rings is 1. The molecule has 3 nitrogen and oxygen atoms in total. The van der Waals surface area contributed by atoms with Crippen molar-refractivity contribution >= 4 is 0 Å². The lowest BCUT2D eigenvalue weighted by Crippen LogP contribution is -2.17. The molecule has 1 atom stereocenters. The predicted molar refractivity (Wildman–Crippen MR) is 77.1 cm³/mol. The fraction of sp³-hybridized carbons (Fsp3) is 0.438. The molecule has 1 saturated heterocycles. The van der Waals surface area contributed by atoms with Crippen molar-refractivity contribution in [3.8, 4) is 0 Å². The van der Waals surface area contributed by atoms with Crippen LogP contribution in [0.15, 0.2) is 36.8 Å². The van der Waals surface area contributed by atoms with Gasteiger partial charge in [-0.3, -0.25) is 0 Å². The maximum atomic E-state index is 4.32. The highest BCUT2D eigenvalue weighted by molar-refractivity contribution is 5.25. The van der Waals surface area contributed by atoms with E-state index >= 15 is 0 Å². The van der Waals surface area contributed by atoms with E-state index < -0.39 is 0 Å². The highest BCUT2D eigenvalue weighted by Crippen LogP contribution is 2.23. The van der Waals surface area contributed by atoms with Gasteiger partial charge in [0.2, 0.25) is 0 Å². The zero-order valence-corrected chi connectivity index (χ0v) is 11.5. The summed E-state index contributed by atoms with van der Waals surface area (Å²) in [5.74, 6) is 0. The third kappa shape index (κ3) is 2.71. The monoisotopic (exact) mass is 255 g/mol. The zero-order chi connectivity index (χ0) is 13.1. The first kappa shape index (κ1) is 12.4. The van der Waals surface area contributed by atoms with Crippen molar-refractivity contribution in [2.45, 2.75) is 38.8 Å². The quantitative estimate of drug-likeness (QED) is 0.910. The Balaban J connectivity index is 1.70. The highest BCUT2D eigenvalue weighted by atomic mass is 15.1. The Hall–Kier alpha value is -1.61. The van der Waals surface area contributed by atoms with Crippen molar-refractivity contribution in [1.29, 1.82) is 0 Å². The van der Waals surface area contributed by atoms with Crippen LogP contribution in [0.25, 0.3) is 0 Å². The van der Waals surface area contributed by atoms with Gasteiger partial charge in [-0.25, -0.2) is 4.98 Å². The minimum absolute atomic E-state index is 0.499. The lowest BCUT2D eigenvalue weighted by Gasteiger charge is -2.14. The highest BCUT2D eigenvalue weighted by Gasteiger charge is 2.19. The van der Waals surface area contributed by atoms with Crippen molar-refractivity contribution in [1.82, 2.24) is 14.9 Å². The number of aryl methyl sites for hydroxylation is 3. The molecule has 3 heteroatoms. The summed E-state index contributed by atoms with van der Waals surface area (Å²) in [6.07, 6.45) is 7.56. The first-order valence-electron chi connectivity index (χ1n) is 7.12. The van der Waals surface area contributed by atoms with Crippen LogP contribution in [0.4, 0.5) is 0 Å². The minimum atomic E-state index is 0.499. The Morgan fingerprint density at radius 2 is 2.26 bits per heavy atom. The minimum Gasteiger partial charge on any atom is -0.333 e. The van der Waals surface area contributed by atoms with Crippen molar-refractivity contribution < 1.29 is 0 Å². The Morgan fingerprint density at radius 3 is 3.05 bits per heavy atom. The zero-order valence-electron chi connectivity index (χ0n) is 11.5. The number of imidazole rings is 1. The molecule has 1 N–H and O–H groups in total. The Morgan fingerprint density at radius 1 is 1.37 bits per heavy atom. The van der Waals surface area contributed by atoms with E-state index in [1.165, 1.54) is 29.7 Å². The third-order valence-electron chi connectivity index (χ3n) is 4.05. The fourth-order valence-corrected chi connectivity index (χ4v) is 2.88. The molecule has 100 valence electrons. The Bertz CT molecular complexity index is 538. The largest absolute Gasteiger partial charge is 0.333 e. The molecule has 1 aliphatic rings. The number of aromatic nitrogens is 2. The van der Waals surface area contributed by atoms with Crippen LogP contribution >= 0.6 is 0 Å². The molecule has 3 rings (SSSR count). The standard InChI is InChI=1S/C16H21N3/c1-13-5-2-3-6-14(13)8-10-19-12-17-11-16(19)15-7-4-9-18-15/h2-3,5-6,11-12,15,18H,4,7-10H2,1H3/t15-/m0/s1. The van der Waals surface area contributed by atoms with Crippen LogP contribution in [0, 0.1) is 6.92 Å². The van der Waals surface area contributed by atoms with E-state index in [2.05, 4.69) is 46.1 Å². The molecule has 1 aromatic carbocycles. The van der Waals surface area contributed by atoms with Crippen LogP contribution in [-0.2, 0) is 13.0 Å². The van der Waals surface area contributed by atoms with E-state index in [0.717, 1.165) is 19.5 Å². The SMILES string of the molecule is Cc1ccccc1CCn1cncc1[C@@H]1CCCN1. The first-order chi connectivity index (χ1) is 9.34. The number of nitrogens with one attached hydrogen (secondary N) is 1. The van der Waals surface area contributed by atoms with E-state index in [9.17, 15) is 0 Å². The first-order valence-corrected chi connectivity index (χ1v) is 7.12. The number of hydrogen-bond donors (Lipinski definition) is 1. The second kappa shape index (κ2) is 5.57. The van der Waals surface area contributed by atoms with E-state index in [1.54, 1.807) is 0 Å². The Labute approximate surface area is 114 Å². The average molecular weight is 255 g/mol. The average Bonchev–Trinajstić information content (AvgIpc) is 3.08. The van der Waals surface area contributed by atoms with Crippen LogP contribution in [0.2, 0.25) is 0 Å². The van der Waals surface area contributed by atoms with E-state index in [-0.39, 0.29) is 0 Å². The molecule has 0 radical (unpaired) electrons. The van der Waals surface area contributed by atoms with Gasteiger partial charge in [-0.05, 0) is 43.9 Å². The molecule has 1 aliphatic heterocycles. The van der Waals surface area contributed by atoms with Crippen molar-refractivity contribution in [3.05, 3.63) is 53.6 Å². The second-order valence-electron chi connectivity index (χ2n) is 5.34. The molecule has 2 aromatic rings. The maximum absolute atomic E-state index is 4.32. The van der Waals surface area contributed by atoms with Crippen LogP contribution in [-0.4, -0.2) is 16.1 Å². The molecule has 0 spiro atoms. The van der Waals surface area contributed by atoms with Gasteiger partial charge in [0.1, 0.15) is 0 Å². The van der Waals surface area contributed by atoms with Gasteiger partial charge in [0.05, 0.1) is 12.0 Å². The van der Waals surface area contributed by atoms with Gasteiger partial charge in [-0.15, -0.1) is 0 Å². The maximum Gasteiger partial charge on any atom is 0.0948 e. The summed E-state index contributed by atoms with van der Waals surface area (Å²) in [7, 11) is 0. The molecule has 0 saturated carbocycles. The van der Waals surface area contributed by atoms with Crippen LogP contribution in [0.3, 0.4) is 0 Å². The van der Waals surface area contributed by atoms with Crippen molar-refractivity contribution in [3.63, 3.8) is 0 Å². The van der Waals surface area contributed by atoms with E-state index in [4.69, 9.17) is 0 Å².